The second-order valence-electron chi connectivity index (χ2n) is 4.25. The van der Waals surface area contributed by atoms with Gasteiger partial charge in [0, 0.05) is 16.8 Å². The number of hydrogen-bond acceptors (Lipinski definition) is 4. The van der Waals surface area contributed by atoms with Crippen LogP contribution in [0.15, 0.2) is 24.3 Å². The molecule has 0 bridgehead atoms. The van der Waals surface area contributed by atoms with Crippen LogP contribution in [0.3, 0.4) is 0 Å². The second-order valence-corrected chi connectivity index (χ2v) is 4.65. The monoisotopic (exact) mass is 277 g/mol. The lowest BCUT2D eigenvalue weighted by Crippen LogP contribution is -2.05. The molecule has 4 nitrogen and oxygen atoms in total. The molecule has 100 valence electrons. The van der Waals surface area contributed by atoms with Crippen LogP contribution in [0.2, 0.25) is 5.02 Å². The number of halogens is 1. The van der Waals surface area contributed by atoms with Gasteiger partial charge in [-0.3, -0.25) is 0 Å². The number of aromatic nitrogens is 2. The van der Waals surface area contributed by atoms with Gasteiger partial charge in [-0.1, -0.05) is 18.5 Å². The van der Waals surface area contributed by atoms with E-state index in [1.807, 2.05) is 25.1 Å². The van der Waals surface area contributed by atoms with Gasteiger partial charge in [-0.05, 0) is 37.1 Å². The number of anilines is 1. The Morgan fingerprint density at radius 3 is 2.74 bits per heavy atom. The third-order valence-corrected chi connectivity index (χ3v) is 3.06. The number of nitrogens with zero attached hydrogens (tertiary/aromatic N) is 2. The van der Waals surface area contributed by atoms with Gasteiger partial charge in [-0.25, -0.2) is 9.97 Å². The van der Waals surface area contributed by atoms with Gasteiger partial charge < -0.3 is 10.5 Å². The van der Waals surface area contributed by atoms with Crippen LogP contribution in [0.4, 0.5) is 5.82 Å². The summed E-state index contributed by atoms with van der Waals surface area (Å²) in [7, 11) is 0. The number of nitrogens with two attached hydrogens (primary N) is 1. The van der Waals surface area contributed by atoms with Crippen molar-refractivity contribution in [2.75, 3.05) is 5.73 Å². The van der Waals surface area contributed by atoms with Gasteiger partial charge in [0.25, 0.3) is 0 Å². The first kappa shape index (κ1) is 13.6. The average Bonchev–Trinajstić information content (AvgIpc) is 2.36. The van der Waals surface area contributed by atoms with Crippen LogP contribution in [-0.2, 0) is 13.0 Å². The highest BCUT2D eigenvalue weighted by Gasteiger charge is 2.04. The van der Waals surface area contributed by atoms with E-state index in [9.17, 15) is 0 Å². The predicted molar refractivity (Wildman–Crippen MR) is 76.3 cm³/mol. The molecule has 0 aliphatic carbocycles. The largest absolute Gasteiger partial charge is 0.486 e. The van der Waals surface area contributed by atoms with Gasteiger partial charge in [0.05, 0.1) is 0 Å². The highest BCUT2D eigenvalue weighted by Crippen LogP contribution is 2.23. The highest BCUT2D eigenvalue weighted by molar-refractivity contribution is 6.31. The topological polar surface area (TPSA) is 61.0 Å². The van der Waals surface area contributed by atoms with E-state index >= 15 is 0 Å². The summed E-state index contributed by atoms with van der Waals surface area (Å²) < 4.78 is 5.66. The minimum Gasteiger partial charge on any atom is -0.486 e. The molecule has 0 radical (unpaired) electrons. The van der Waals surface area contributed by atoms with Crippen LogP contribution in [-0.4, -0.2) is 9.97 Å². The summed E-state index contributed by atoms with van der Waals surface area (Å²) in [5.41, 5.74) is 7.56. The molecule has 2 rings (SSSR count). The minimum absolute atomic E-state index is 0.288. The van der Waals surface area contributed by atoms with E-state index in [2.05, 4.69) is 16.9 Å². The maximum Gasteiger partial charge on any atom is 0.168 e. The van der Waals surface area contributed by atoms with Gasteiger partial charge in [0.1, 0.15) is 18.2 Å². The van der Waals surface area contributed by atoms with Gasteiger partial charge in [-0.2, -0.15) is 0 Å². The molecule has 0 saturated heterocycles. The molecular formula is C14H16ClN3O. The fourth-order valence-electron chi connectivity index (χ4n) is 1.78. The molecule has 2 N–H and O–H groups in total. The van der Waals surface area contributed by atoms with Crippen LogP contribution >= 0.6 is 11.6 Å². The zero-order valence-electron chi connectivity index (χ0n) is 11.0. The number of ether oxygens (including phenoxy) is 1. The minimum atomic E-state index is 0.288. The van der Waals surface area contributed by atoms with Crippen molar-refractivity contribution >= 4 is 17.4 Å². The first-order valence-electron chi connectivity index (χ1n) is 6.09. The predicted octanol–water partition coefficient (Wildman–Crippen LogP) is 3.16. The normalized spacial score (nSPS) is 10.5. The molecule has 1 aromatic heterocycles. The van der Waals surface area contributed by atoms with Crippen LogP contribution in [0.25, 0.3) is 0 Å². The third-order valence-electron chi connectivity index (χ3n) is 2.69. The Bertz CT molecular complexity index is 567. The molecule has 1 heterocycles. The van der Waals surface area contributed by atoms with Crippen molar-refractivity contribution in [1.29, 1.82) is 0 Å². The Morgan fingerprint density at radius 1 is 1.26 bits per heavy atom. The summed E-state index contributed by atoms with van der Waals surface area (Å²) in [4.78, 5) is 8.39. The fraction of sp³-hybridized carbons (Fsp3) is 0.286. The van der Waals surface area contributed by atoms with E-state index in [0.717, 1.165) is 28.5 Å². The lowest BCUT2D eigenvalue weighted by atomic mass is 10.1. The van der Waals surface area contributed by atoms with Crippen LogP contribution in [0, 0.1) is 6.92 Å². The fourth-order valence-corrected chi connectivity index (χ4v) is 2.03. The summed E-state index contributed by atoms with van der Waals surface area (Å²) in [5, 5.41) is 0.755. The first-order chi connectivity index (χ1) is 9.08. The van der Waals surface area contributed by atoms with Crippen molar-refractivity contribution in [2.45, 2.75) is 26.9 Å². The van der Waals surface area contributed by atoms with Crippen LogP contribution in [0.5, 0.6) is 5.75 Å². The number of hydrogen-bond donors (Lipinski definition) is 1. The standard InChI is InChI=1S/C14H16ClN3O/c1-3-10-7-11(4-5-12(10)15)19-8-14-17-9(2)6-13(16)18-14/h4-7H,3,8H2,1-2H3,(H2,16,17,18). The van der Waals surface area contributed by atoms with E-state index in [1.165, 1.54) is 0 Å². The summed E-state index contributed by atoms with van der Waals surface area (Å²) in [5.74, 6) is 1.78. The zero-order chi connectivity index (χ0) is 13.8. The van der Waals surface area contributed by atoms with Gasteiger partial charge >= 0.3 is 0 Å². The van der Waals surface area contributed by atoms with E-state index < -0.39 is 0 Å². The summed E-state index contributed by atoms with van der Waals surface area (Å²) in [6, 6.07) is 7.32. The molecule has 0 spiro atoms. The second kappa shape index (κ2) is 5.89. The molecule has 0 aliphatic rings. The molecule has 0 unspecified atom stereocenters. The Morgan fingerprint density at radius 2 is 2.05 bits per heavy atom. The molecule has 2 aromatic rings. The van der Waals surface area contributed by atoms with E-state index in [0.29, 0.717) is 11.6 Å². The van der Waals surface area contributed by atoms with Crippen molar-refractivity contribution in [3.05, 3.63) is 46.4 Å². The molecule has 0 fully saturated rings. The van der Waals surface area contributed by atoms with Gasteiger partial charge in [0.2, 0.25) is 0 Å². The molecule has 0 atom stereocenters. The number of aryl methyl sites for hydroxylation is 2. The number of nitrogen functional groups attached to an aromatic ring is 1. The molecule has 1 aromatic carbocycles. The van der Waals surface area contributed by atoms with E-state index in [-0.39, 0.29) is 6.61 Å². The van der Waals surface area contributed by atoms with E-state index in [4.69, 9.17) is 22.1 Å². The molecular weight excluding hydrogens is 262 g/mol. The molecule has 5 heteroatoms. The lowest BCUT2D eigenvalue weighted by Gasteiger charge is -2.08. The Kier molecular flexibility index (Phi) is 4.22. The zero-order valence-corrected chi connectivity index (χ0v) is 11.7. The van der Waals surface area contributed by atoms with Crippen LogP contribution in [0.1, 0.15) is 24.0 Å². The van der Waals surface area contributed by atoms with Crippen molar-refractivity contribution in [3.8, 4) is 5.75 Å². The Labute approximate surface area is 117 Å². The van der Waals surface area contributed by atoms with Crippen molar-refractivity contribution in [3.63, 3.8) is 0 Å². The number of benzene rings is 1. The average molecular weight is 278 g/mol. The summed E-state index contributed by atoms with van der Waals surface area (Å²) in [6.45, 7) is 4.21. The smallest absolute Gasteiger partial charge is 0.168 e. The van der Waals surface area contributed by atoms with Crippen molar-refractivity contribution in [2.24, 2.45) is 0 Å². The maximum atomic E-state index is 6.06. The summed E-state index contributed by atoms with van der Waals surface area (Å²) in [6.07, 6.45) is 0.865. The van der Waals surface area contributed by atoms with Crippen LogP contribution < -0.4 is 10.5 Å². The Hall–Kier alpha value is -1.81. The van der Waals surface area contributed by atoms with Gasteiger partial charge in [-0.15, -0.1) is 0 Å². The van der Waals surface area contributed by atoms with Gasteiger partial charge in [0.15, 0.2) is 5.82 Å². The molecule has 0 aliphatic heterocycles. The SMILES string of the molecule is CCc1cc(OCc2nc(C)cc(N)n2)ccc1Cl. The molecule has 0 amide bonds. The first-order valence-corrected chi connectivity index (χ1v) is 6.47. The van der Waals surface area contributed by atoms with Crippen molar-refractivity contribution in [1.82, 2.24) is 9.97 Å². The quantitative estimate of drug-likeness (QED) is 0.932. The number of rotatable bonds is 4. The highest BCUT2D eigenvalue weighted by atomic mass is 35.5. The summed E-state index contributed by atoms with van der Waals surface area (Å²) >= 11 is 6.06. The molecule has 19 heavy (non-hydrogen) atoms. The lowest BCUT2D eigenvalue weighted by molar-refractivity contribution is 0.295. The van der Waals surface area contributed by atoms with Crippen molar-refractivity contribution < 1.29 is 4.74 Å². The molecule has 0 saturated carbocycles. The Balaban J connectivity index is 2.10. The third kappa shape index (κ3) is 3.58. The van der Waals surface area contributed by atoms with E-state index in [1.54, 1.807) is 6.07 Å². The maximum absolute atomic E-state index is 6.06.